The van der Waals surface area contributed by atoms with Gasteiger partial charge in [-0.2, -0.15) is 0 Å². The Bertz CT molecular complexity index is 961. The summed E-state index contributed by atoms with van der Waals surface area (Å²) >= 11 is 1.30. The van der Waals surface area contributed by atoms with Crippen LogP contribution < -0.4 is 16.6 Å². The third kappa shape index (κ3) is 3.82. The van der Waals surface area contributed by atoms with Gasteiger partial charge in [0.1, 0.15) is 5.69 Å². The number of hydrogen-bond acceptors (Lipinski definition) is 6. The molecule has 0 radical (unpaired) electrons. The Morgan fingerprint density at radius 1 is 1.25 bits per heavy atom. The highest BCUT2D eigenvalue weighted by Crippen LogP contribution is 2.23. The third-order valence-electron chi connectivity index (χ3n) is 3.15. The molecule has 3 heterocycles. The Hall–Kier alpha value is -3.07. The zero-order valence-electron chi connectivity index (χ0n) is 12.4. The standard InChI is InChI=1S/C15H13N5O3S/c21-12(4-7-20-8-5-13(22)19-15(20)23)18-14-17-11(9-24-14)10-3-1-2-6-16-10/h1-3,5-6,8-9H,4,7H2,(H,17,18,21)(H,19,22,23). The summed E-state index contributed by atoms with van der Waals surface area (Å²) in [4.78, 5) is 45.1. The van der Waals surface area contributed by atoms with Gasteiger partial charge < -0.3 is 9.88 Å². The van der Waals surface area contributed by atoms with E-state index in [0.29, 0.717) is 10.8 Å². The van der Waals surface area contributed by atoms with Crippen LogP contribution in [0.25, 0.3) is 11.4 Å². The summed E-state index contributed by atoms with van der Waals surface area (Å²) in [5.41, 5.74) is 0.411. The molecule has 0 bridgehead atoms. The van der Waals surface area contributed by atoms with Crippen LogP contribution in [0.2, 0.25) is 0 Å². The molecule has 0 fully saturated rings. The number of aromatic amines is 1. The molecular weight excluding hydrogens is 330 g/mol. The van der Waals surface area contributed by atoms with Crippen LogP contribution in [0.15, 0.2) is 51.6 Å². The Balaban J connectivity index is 1.60. The molecule has 0 unspecified atom stereocenters. The zero-order valence-corrected chi connectivity index (χ0v) is 13.2. The van der Waals surface area contributed by atoms with Gasteiger partial charge in [0, 0.05) is 36.8 Å². The number of amides is 1. The minimum atomic E-state index is -0.540. The second-order valence-corrected chi connectivity index (χ2v) is 5.71. The van der Waals surface area contributed by atoms with Crippen molar-refractivity contribution in [1.29, 1.82) is 0 Å². The molecule has 8 nitrogen and oxygen atoms in total. The number of thiazole rings is 1. The fourth-order valence-electron chi connectivity index (χ4n) is 1.99. The summed E-state index contributed by atoms with van der Waals surface area (Å²) in [7, 11) is 0. The van der Waals surface area contributed by atoms with Gasteiger partial charge in [-0.3, -0.25) is 19.6 Å². The van der Waals surface area contributed by atoms with Crippen LogP contribution in [0.4, 0.5) is 5.13 Å². The van der Waals surface area contributed by atoms with Gasteiger partial charge in [0.15, 0.2) is 5.13 Å². The van der Waals surface area contributed by atoms with Gasteiger partial charge in [-0.05, 0) is 12.1 Å². The summed E-state index contributed by atoms with van der Waals surface area (Å²) in [5, 5.41) is 4.96. The number of pyridine rings is 1. The van der Waals surface area contributed by atoms with Crippen LogP contribution in [0.5, 0.6) is 0 Å². The van der Waals surface area contributed by atoms with Gasteiger partial charge in [0.25, 0.3) is 5.56 Å². The number of carbonyl (C=O) groups is 1. The highest BCUT2D eigenvalue weighted by Gasteiger charge is 2.09. The minimum Gasteiger partial charge on any atom is -0.302 e. The van der Waals surface area contributed by atoms with Crippen molar-refractivity contribution in [3.63, 3.8) is 0 Å². The van der Waals surface area contributed by atoms with Gasteiger partial charge in [0.05, 0.1) is 5.69 Å². The first kappa shape index (κ1) is 15.8. The van der Waals surface area contributed by atoms with Crippen molar-refractivity contribution >= 4 is 22.4 Å². The Kier molecular flexibility index (Phi) is 4.62. The number of nitrogens with one attached hydrogen (secondary N) is 2. The summed E-state index contributed by atoms with van der Waals surface area (Å²) in [6.07, 6.45) is 3.12. The molecule has 0 aliphatic rings. The molecule has 0 aliphatic carbocycles. The Morgan fingerprint density at radius 3 is 2.88 bits per heavy atom. The zero-order chi connectivity index (χ0) is 16.9. The molecule has 2 N–H and O–H groups in total. The smallest absolute Gasteiger partial charge is 0.302 e. The molecule has 0 aromatic carbocycles. The molecule has 24 heavy (non-hydrogen) atoms. The van der Waals surface area contributed by atoms with Crippen LogP contribution in [0.3, 0.4) is 0 Å². The number of carbonyl (C=O) groups excluding carboxylic acids is 1. The normalized spacial score (nSPS) is 10.5. The summed E-state index contributed by atoms with van der Waals surface area (Å²) in [5.74, 6) is -0.268. The molecule has 0 saturated heterocycles. The van der Waals surface area contributed by atoms with Crippen molar-refractivity contribution in [3.8, 4) is 11.4 Å². The van der Waals surface area contributed by atoms with Crippen molar-refractivity contribution in [1.82, 2.24) is 19.5 Å². The monoisotopic (exact) mass is 343 g/mol. The molecule has 3 rings (SSSR count). The lowest BCUT2D eigenvalue weighted by Crippen LogP contribution is -2.29. The van der Waals surface area contributed by atoms with Crippen LogP contribution in [0.1, 0.15) is 6.42 Å². The maximum atomic E-state index is 12.0. The number of hydrogen-bond donors (Lipinski definition) is 2. The molecule has 0 spiro atoms. The fraction of sp³-hybridized carbons (Fsp3) is 0.133. The molecule has 9 heteroatoms. The quantitative estimate of drug-likeness (QED) is 0.720. The van der Waals surface area contributed by atoms with E-state index in [4.69, 9.17) is 0 Å². The first-order valence-corrected chi connectivity index (χ1v) is 7.96. The van der Waals surface area contributed by atoms with Crippen LogP contribution in [-0.2, 0) is 11.3 Å². The predicted octanol–water partition coefficient (Wildman–Crippen LogP) is 1.08. The van der Waals surface area contributed by atoms with Crippen molar-refractivity contribution in [2.75, 3.05) is 5.32 Å². The molecule has 3 aromatic rings. The number of H-pyrrole nitrogens is 1. The van der Waals surface area contributed by atoms with E-state index in [1.54, 1.807) is 6.20 Å². The van der Waals surface area contributed by atoms with Crippen molar-refractivity contribution in [2.45, 2.75) is 13.0 Å². The van der Waals surface area contributed by atoms with Crippen LogP contribution in [-0.4, -0.2) is 25.4 Å². The lowest BCUT2D eigenvalue weighted by molar-refractivity contribution is -0.116. The topological polar surface area (TPSA) is 110 Å². The Labute approximate surface area is 139 Å². The molecular formula is C15H13N5O3S. The molecule has 0 saturated carbocycles. The molecule has 3 aromatic heterocycles. The second-order valence-electron chi connectivity index (χ2n) is 4.85. The van der Waals surface area contributed by atoms with E-state index in [9.17, 15) is 14.4 Å². The highest BCUT2D eigenvalue weighted by molar-refractivity contribution is 7.14. The van der Waals surface area contributed by atoms with Gasteiger partial charge >= 0.3 is 5.69 Å². The average Bonchev–Trinajstić information content (AvgIpc) is 3.03. The minimum absolute atomic E-state index is 0.0877. The average molecular weight is 343 g/mol. The molecule has 1 amide bonds. The first-order chi connectivity index (χ1) is 11.6. The van der Waals surface area contributed by atoms with Crippen LogP contribution in [0, 0.1) is 0 Å². The molecule has 122 valence electrons. The lowest BCUT2D eigenvalue weighted by atomic mass is 10.3. The second kappa shape index (κ2) is 7.01. The number of aromatic nitrogens is 4. The predicted molar refractivity (Wildman–Crippen MR) is 89.9 cm³/mol. The summed E-state index contributed by atoms with van der Waals surface area (Å²) in [6.45, 7) is 0.167. The van der Waals surface area contributed by atoms with Crippen molar-refractivity contribution < 1.29 is 4.79 Å². The highest BCUT2D eigenvalue weighted by atomic mass is 32.1. The first-order valence-electron chi connectivity index (χ1n) is 7.08. The van der Waals surface area contributed by atoms with Gasteiger partial charge in [-0.15, -0.1) is 11.3 Å². The number of aryl methyl sites for hydroxylation is 1. The van der Waals surface area contributed by atoms with Crippen LogP contribution >= 0.6 is 11.3 Å². The third-order valence-corrected chi connectivity index (χ3v) is 3.91. The Morgan fingerprint density at radius 2 is 2.12 bits per heavy atom. The largest absolute Gasteiger partial charge is 0.328 e. The maximum absolute atomic E-state index is 12.0. The van der Waals surface area contributed by atoms with E-state index in [0.717, 1.165) is 5.69 Å². The lowest BCUT2D eigenvalue weighted by Gasteiger charge is -2.04. The summed E-state index contributed by atoms with van der Waals surface area (Å²) in [6, 6.07) is 6.75. The van der Waals surface area contributed by atoms with Crippen molar-refractivity contribution in [3.05, 3.63) is 62.9 Å². The van der Waals surface area contributed by atoms with E-state index >= 15 is 0 Å². The number of rotatable bonds is 5. The summed E-state index contributed by atoms with van der Waals surface area (Å²) < 4.78 is 1.27. The van der Waals surface area contributed by atoms with E-state index < -0.39 is 11.2 Å². The number of nitrogens with zero attached hydrogens (tertiary/aromatic N) is 3. The van der Waals surface area contributed by atoms with E-state index in [-0.39, 0.29) is 18.9 Å². The van der Waals surface area contributed by atoms with Crippen molar-refractivity contribution in [2.24, 2.45) is 0 Å². The van der Waals surface area contributed by atoms with Gasteiger partial charge in [-0.1, -0.05) is 6.07 Å². The SMILES string of the molecule is O=C(CCn1ccc(=O)[nH]c1=O)Nc1nc(-c2ccccn2)cs1. The van der Waals surface area contributed by atoms with Gasteiger partial charge in [-0.25, -0.2) is 9.78 Å². The van der Waals surface area contributed by atoms with E-state index in [2.05, 4.69) is 20.3 Å². The fourth-order valence-corrected chi connectivity index (χ4v) is 2.71. The maximum Gasteiger partial charge on any atom is 0.328 e. The van der Waals surface area contributed by atoms with Gasteiger partial charge in [0.2, 0.25) is 5.91 Å². The number of anilines is 1. The molecule has 0 atom stereocenters. The van der Waals surface area contributed by atoms with E-state index in [1.165, 1.54) is 28.2 Å². The van der Waals surface area contributed by atoms with E-state index in [1.807, 2.05) is 23.6 Å². The molecule has 0 aliphatic heterocycles.